The number of benzene rings is 2. The van der Waals surface area contributed by atoms with Gasteiger partial charge in [-0.15, -0.1) is 11.3 Å². The number of H-pyrrole nitrogens is 1. The van der Waals surface area contributed by atoms with Gasteiger partial charge in [-0.3, -0.25) is 9.59 Å². The number of aryl methyl sites for hydroxylation is 1. The molecule has 4 rings (SSSR count). The molecule has 0 aliphatic heterocycles. The van der Waals surface area contributed by atoms with Gasteiger partial charge >= 0.3 is 0 Å². The molecule has 0 saturated heterocycles. The number of nitrogens with one attached hydrogen (secondary N) is 1. The number of aromatic nitrogens is 3. The molecule has 0 atom stereocenters. The van der Waals surface area contributed by atoms with Gasteiger partial charge < -0.3 is 9.72 Å². The Bertz CT molecular complexity index is 1420. The molecule has 0 saturated carbocycles. The number of hydrogen-bond acceptors (Lipinski definition) is 8. The van der Waals surface area contributed by atoms with Gasteiger partial charge in [0, 0.05) is 11.1 Å². The molecule has 2 heterocycles. The van der Waals surface area contributed by atoms with E-state index in [9.17, 15) is 14.9 Å². The number of carbonyl (C=O) groups excluding carboxylic acids is 1. The summed E-state index contributed by atoms with van der Waals surface area (Å²) in [5.41, 5.74) is 1.80. The second kappa shape index (κ2) is 9.81. The van der Waals surface area contributed by atoms with Gasteiger partial charge in [-0.2, -0.15) is 5.26 Å². The van der Waals surface area contributed by atoms with E-state index in [0.717, 1.165) is 22.3 Å². The minimum atomic E-state index is -0.555. The van der Waals surface area contributed by atoms with Gasteiger partial charge in [-0.25, -0.2) is 9.97 Å². The number of nitriles is 1. The maximum absolute atomic E-state index is 12.9. The van der Waals surface area contributed by atoms with E-state index in [1.165, 1.54) is 18.4 Å². The van der Waals surface area contributed by atoms with E-state index in [4.69, 9.17) is 4.74 Å². The molecule has 1 N–H and O–H groups in total. The number of nitrogens with zero attached hydrogens (tertiary/aromatic N) is 3. The largest absolute Gasteiger partial charge is 0.497 e. The minimum absolute atomic E-state index is 0.0731. The quantitative estimate of drug-likeness (QED) is 0.234. The Morgan fingerprint density at radius 3 is 2.64 bits per heavy atom. The molecule has 33 heavy (non-hydrogen) atoms. The smallest absolute Gasteiger partial charge is 0.270 e. The van der Waals surface area contributed by atoms with Crippen LogP contribution in [0.3, 0.4) is 0 Å². The molecule has 0 unspecified atom stereocenters. The van der Waals surface area contributed by atoms with Gasteiger partial charge in [0.1, 0.15) is 22.4 Å². The average molecular weight is 475 g/mol. The number of carbonyl (C=O) groups is 1. The van der Waals surface area contributed by atoms with Crippen LogP contribution >= 0.6 is 23.1 Å². The number of thiazole rings is 1. The highest BCUT2D eigenvalue weighted by molar-refractivity contribution is 7.99. The molecule has 2 aromatic carbocycles. The number of hydrogen-bond donors (Lipinski definition) is 1. The molecular formula is C24H18N4O3S2. The molecule has 0 aliphatic carbocycles. The first kappa shape index (κ1) is 22.5. The first-order valence-electron chi connectivity index (χ1n) is 9.88. The number of ether oxygens (including phenoxy) is 1. The summed E-state index contributed by atoms with van der Waals surface area (Å²) >= 11 is 2.46. The molecule has 0 fully saturated rings. The number of methoxy groups -OCH3 is 1. The van der Waals surface area contributed by atoms with Crippen molar-refractivity contribution in [3.8, 4) is 33.6 Å². The van der Waals surface area contributed by atoms with Crippen LogP contribution in [-0.4, -0.2) is 33.6 Å². The van der Waals surface area contributed by atoms with Crippen LogP contribution in [0.1, 0.15) is 20.9 Å². The fraction of sp³-hybridized carbons (Fsp3) is 0.125. The van der Waals surface area contributed by atoms with Crippen LogP contribution in [0, 0.1) is 18.3 Å². The lowest BCUT2D eigenvalue weighted by molar-refractivity contribution is 0.102. The second-order valence-corrected chi connectivity index (χ2v) is 8.91. The van der Waals surface area contributed by atoms with Crippen LogP contribution in [0.25, 0.3) is 21.8 Å². The molecule has 0 spiro atoms. The fourth-order valence-electron chi connectivity index (χ4n) is 3.16. The second-order valence-electron chi connectivity index (χ2n) is 6.95. The van der Waals surface area contributed by atoms with Crippen LogP contribution in [0.5, 0.6) is 5.75 Å². The van der Waals surface area contributed by atoms with Gasteiger partial charge in [0.05, 0.1) is 29.1 Å². The van der Waals surface area contributed by atoms with Gasteiger partial charge in [0.2, 0.25) is 0 Å². The Labute approximate surface area is 198 Å². The Morgan fingerprint density at radius 1 is 1.15 bits per heavy atom. The third-order valence-electron chi connectivity index (χ3n) is 4.76. The summed E-state index contributed by atoms with van der Waals surface area (Å²) in [7, 11) is 1.53. The summed E-state index contributed by atoms with van der Waals surface area (Å²) in [4.78, 5) is 37.5. The topological polar surface area (TPSA) is 109 Å². The lowest BCUT2D eigenvalue weighted by atomic mass is 10.1. The molecule has 4 aromatic rings. The van der Waals surface area contributed by atoms with Crippen molar-refractivity contribution in [1.29, 1.82) is 5.26 Å². The van der Waals surface area contributed by atoms with E-state index in [-0.39, 0.29) is 27.9 Å². The van der Waals surface area contributed by atoms with Crippen molar-refractivity contribution in [2.45, 2.75) is 12.1 Å². The van der Waals surface area contributed by atoms with Crippen molar-refractivity contribution in [3.63, 3.8) is 0 Å². The summed E-state index contributed by atoms with van der Waals surface area (Å²) in [5, 5.41) is 10.5. The monoisotopic (exact) mass is 474 g/mol. The van der Waals surface area contributed by atoms with Gasteiger partial charge in [-0.05, 0) is 19.1 Å². The van der Waals surface area contributed by atoms with E-state index < -0.39 is 5.56 Å². The Balaban J connectivity index is 1.58. The van der Waals surface area contributed by atoms with Crippen molar-refractivity contribution in [2.75, 3.05) is 12.9 Å². The SMILES string of the molecule is COc1cccc(-c2nc(SCC(=O)c3sc(-c4ccccc4)nc3C)[nH]c(=O)c2C#N)c1. The number of ketones is 1. The molecule has 9 heteroatoms. The predicted octanol–water partition coefficient (Wildman–Crippen LogP) is 4.72. The van der Waals surface area contributed by atoms with Crippen LogP contribution in [0.2, 0.25) is 0 Å². The zero-order valence-electron chi connectivity index (χ0n) is 17.8. The third-order valence-corrected chi connectivity index (χ3v) is 6.88. The number of thioether (sulfide) groups is 1. The van der Waals surface area contributed by atoms with Crippen LogP contribution < -0.4 is 10.3 Å². The first-order valence-corrected chi connectivity index (χ1v) is 11.7. The van der Waals surface area contributed by atoms with Crippen molar-refractivity contribution in [2.24, 2.45) is 0 Å². The lowest BCUT2D eigenvalue weighted by Gasteiger charge is -2.07. The van der Waals surface area contributed by atoms with Crippen LogP contribution in [0.15, 0.2) is 64.5 Å². The summed E-state index contributed by atoms with van der Waals surface area (Å²) < 4.78 is 5.23. The fourth-order valence-corrected chi connectivity index (χ4v) is 5.00. The standard InChI is InChI=1S/C24H18N4O3S2/c1-14-21(33-23(26-14)15-7-4-3-5-8-15)19(29)13-32-24-27-20(18(12-25)22(30)28-24)16-9-6-10-17(11-16)31-2/h3-11H,13H2,1-2H3,(H,27,28,30). The normalized spacial score (nSPS) is 10.6. The van der Waals surface area contributed by atoms with Crippen LogP contribution in [0.4, 0.5) is 0 Å². The Morgan fingerprint density at radius 2 is 1.91 bits per heavy atom. The first-order chi connectivity index (χ1) is 16.0. The summed E-state index contributed by atoms with van der Waals surface area (Å²) in [6.07, 6.45) is 0. The van der Waals surface area contributed by atoms with Crippen LogP contribution in [-0.2, 0) is 0 Å². The highest BCUT2D eigenvalue weighted by atomic mass is 32.2. The van der Waals surface area contributed by atoms with Crippen molar-refractivity contribution in [1.82, 2.24) is 15.0 Å². The van der Waals surface area contributed by atoms with Crippen molar-refractivity contribution >= 4 is 28.9 Å². The van der Waals surface area contributed by atoms with E-state index in [0.29, 0.717) is 21.9 Å². The number of aromatic amines is 1. The zero-order chi connectivity index (χ0) is 23.4. The average Bonchev–Trinajstić information content (AvgIpc) is 3.24. The molecule has 0 amide bonds. The lowest BCUT2D eigenvalue weighted by Crippen LogP contribution is -2.15. The summed E-state index contributed by atoms with van der Waals surface area (Å²) in [6.45, 7) is 1.81. The Kier molecular flexibility index (Phi) is 6.68. The van der Waals surface area contributed by atoms with Gasteiger partial charge in [-0.1, -0.05) is 54.2 Å². The third kappa shape index (κ3) is 4.87. The molecule has 2 aromatic heterocycles. The van der Waals surface area contributed by atoms with E-state index in [2.05, 4.69) is 15.0 Å². The van der Waals surface area contributed by atoms with Crippen molar-refractivity contribution < 1.29 is 9.53 Å². The molecular weight excluding hydrogens is 456 g/mol. The Hall–Kier alpha value is -3.74. The summed E-state index contributed by atoms with van der Waals surface area (Å²) in [5.74, 6) is 0.550. The highest BCUT2D eigenvalue weighted by Gasteiger charge is 2.19. The van der Waals surface area contributed by atoms with Gasteiger partial charge in [0.25, 0.3) is 5.56 Å². The molecule has 164 valence electrons. The molecule has 7 nitrogen and oxygen atoms in total. The maximum Gasteiger partial charge on any atom is 0.270 e. The number of rotatable bonds is 7. The summed E-state index contributed by atoms with van der Waals surface area (Å²) in [6, 6.07) is 18.6. The molecule has 0 bridgehead atoms. The molecule has 0 aliphatic rings. The van der Waals surface area contributed by atoms with E-state index >= 15 is 0 Å². The molecule has 0 radical (unpaired) electrons. The van der Waals surface area contributed by atoms with Crippen molar-refractivity contribution in [3.05, 3.63) is 81.1 Å². The highest BCUT2D eigenvalue weighted by Crippen LogP contribution is 2.30. The van der Waals surface area contributed by atoms with E-state index in [1.54, 1.807) is 24.3 Å². The zero-order valence-corrected chi connectivity index (χ0v) is 19.4. The minimum Gasteiger partial charge on any atom is -0.497 e. The predicted molar refractivity (Wildman–Crippen MR) is 129 cm³/mol. The van der Waals surface area contributed by atoms with E-state index in [1.807, 2.05) is 43.3 Å². The van der Waals surface area contributed by atoms with Gasteiger partial charge in [0.15, 0.2) is 10.9 Å². The maximum atomic E-state index is 12.9. The number of Topliss-reactive ketones (excluding diaryl/α,β-unsaturated/α-hetero) is 1.